The summed E-state index contributed by atoms with van der Waals surface area (Å²) < 4.78 is 5.65. The maximum absolute atomic E-state index is 5.65. The van der Waals surface area contributed by atoms with Crippen molar-refractivity contribution in [2.75, 3.05) is 6.61 Å². The first-order valence-electron chi connectivity index (χ1n) is 5.84. The predicted molar refractivity (Wildman–Crippen MR) is 75.3 cm³/mol. The molecule has 0 N–H and O–H groups in total. The van der Waals surface area contributed by atoms with Gasteiger partial charge in [-0.3, -0.25) is 0 Å². The number of hydrogen-bond donors (Lipinski definition) is 0. The molecule has 1 aromatic carbocycles. The highest BCUT2D eigenvalue weighted by atomic mass is 29.5. The lowest BCUT2D eigenvalue weighted by molar-refractivity contribution is 0.367. The minimum atomic E-state index is -0.497. The van der Waals surface area contributed by atoms with Gasteiger partial charge in [-0.15, -0.1) is 0 Å². The Bertz CT molecular complexity index is 359. The molecule has 0 spiro atoms. The molecule has 1 unspecified atom stereocenters. The Balaban J connectivity index is 2.31. The minimum absolute atomic E-state index is 0.0201. The molecule has 0 amide bonds. The van der Waals surface area contributed by atoms with E-state index < -0.39 is 8.31 Å². The minimum Gasteiger partial charge on any atom is -0.428 e. The van der Waals surface area contributed by atoms with Gasteiger partial charge in [-0.2, -0.15) is 0 Å². The monoisotopic (exact) mass is 252 g/mol. The van der Waals surface area contributed by atoms with E-state index in [1.165, 1.54) is 17.2 Å². The lowest BCUT2D eigenvalue weighted by Gasteiger charge is -2.23. The number of hydrogen-bond acceptors (Lipinski definition) is 1. The second-order valence-electron chi connectivity index (χ2n) is 4.61. The fraction of sp³-hybridized carbons (Fsp3) is 0.455. The van der Waals surface area contributed by atoms with Gasteiger partial charge in [-0.1, -0.05) is 17.3 Å². The summed E-state index contributed by atoms with van der Waals surface area (Å²) in [6.07, 6.45) is 0. The van der Waals surface area contributed by atoms with E-state index in [1.54, 1.807) is 10.8 Å². The Morgan fingerprint density at radius 1 is 1.20 bits per heavy atom. The maximum atomic E-state index is 5.65. The van der Waals surface area contributed by atoms with E-state index in [0.717, 1.165) is 6.61 Å². The summed E-state index contributed by atoms with van der Waals surface area (Å²) in [5.74, 6) is 0. The smallest absolute Gasteiger partial charge is 0.141 e. The molecule has 15 heavy (non-hydrogen) atoms. The molecule has 2 rings (SSSR count). The summed E-state index contributed by atoms with van der Waals surface area (Å²) in [5, 5.41) is 1.78. The van der Waals surface area contributed by atoms with Crippen molar-refractivity contribution < 1.29 is 4.43 Å². The lowest BCUT2D eigenvalue weighted by atomic mass is 10.1. The third-order valence-electron chi connectivity index (χ3n) is 3.76. The number of rotatable bonds is 1. The van der Waals surface area contributed by atoms with Gasteiger partial charge >= 0.3 is 0 Å². The fourth-order valence-corrected chi connectivity index (χ4v) is 21.2. The topological polar surface area (TPSA) is 9.23 Å². The fourth-order valence-electron chi connectivity index (χ4n) is 2.43. The molecule has 1 aromatic rings. The van der Waals surface area contributed by atoms with Crippen molar-refractivity contribution in [2.24, 2.45) is 0 Å². The van der Waals surface area contributed by atoms with Crippen LogP contribution in [0.25, 0.3) is 0 Å². The van der Waals surface area contributed by atoms with Crippen LogP contribution in [0, 0.1) is 20.8 Å². The summed E-state index contributed by atoms with van der Waals surface area (Å²) in [4.78, 5) is 0. The van der Waals surface area contributed by atoms with Crippen molar-refractivity contribution in [2.45, 2.75) is 26.8 Å². The van der Waals surface area contributed by atoms with Crippen molar-refractivity contribution in [3.63, 3.8) is 0 Å². The first-order valence-corrected chi connectivity index (χ1v) is 15.1. The van der Waals surface area contributed by atoms with Crippen LogP contribution in [0.1, 0.15) is 16.7 Å². The normalized spacial score (nSPS) is 24.9. The molecule has 0 aromatic heterocycles. The molecule has 1 fully saturated rings. The molecule has 1 heterocycles. The standard InChI is InChI=1S/C11H20OSi3/c1-8-4-5-11(10(3)9(8)2)15-7-6-12-13-14-15/h4-5,15H,6-7,13-14H2,1-3H3. The van der Waals surface area contributed by atoms with Crippen LogP contribution in [0.5, 0.6) is 0 Å². The third-order valence-corrected chi connectivity index (χ3v) is 22.3. The van der Waals surface area contributed by atoms with Gasteiger partial charge in [0.2, 0.25) is 0 Å². The average molecular weight is 253 g/mol. The summed E-state index contributed by atoms with van der Waals surface area (Å²) in [6.45, 7) is 7.92. The highest BCUT2D eigenvalue weighted by Gasteiger charge is 2.20. The van der Waals surface area contributed by atoms with E-state index in [9.17, 15) is 0 Å². The molecule has 0 radical (unpaired) electrons. The zero-order chi connectivity index (χ0) is 10.8. The van der Waals surface area contributed by atoms with Crippen molar-refractivity contribution in [1.29, 1.82) is 0 Å². The first kappa shape index (κ1) is 11.3. The SMILES string of the molecule is Cc1ccc([SiH]2CCO[SiH2][SiH2]2)c(C)c1C. The Morgan fingerprint density at radius 3 is 2.67 bits per heavy atom. The Labute approximate surface area is 98.2 Å². The lowest BCUT2D eigenvalue weighted by Crippen LogP contribution is -2.46. The average Bonchev–Trinajstić information content (AvgIpc) is 2.27. The molecular formula is C11H20OSi3. The summed E-state index contributed by atoms with van der Waals surface area (Å²) in [5.41, 5.74) is 4.59. The van der Waals surface area contributed by atoms with Gasteiger partial charge < -0.3 is 4.43 Å². The third kappa shape index (κ3) is 2.33. The van der Waals surface area contributed by atoms with Crippen LogP contribution in [0.3, 0.4) is 0 Å². The molecule has 1 atom stereocenters. The predicted octanol–water partition coefficient (Wildman–Crippen LogP) is -0.260. The van der Waals surface area contributed by atoms with Crippen LogP contribution in [0.15, 0.2) is 12.1 Å². The van der Waals surface area contributed by atoms with Gasteiger partial charge in [0.15, 0.2) is 0 Å². The van der Waals surface area contributed by atoms with E-state index in [2.05, 4.69) is 32.9 Å². The maximum Gasteiger partial charge on any atom is 0.141 e. The molecular weight excluding hydrogens is 232 g/mol. The first-order chi connectivity index (χ1) is 7.20. The summed E-state index contributed by atoms with van der Waals surface area (Å²) in [7, 11) is -0.287. The Kier molecular flexibility index (Phi) is 3.61. The van der Waals surface area contributed by atoms with E-state index in [0.29, 0.717) is 0 Å². The second kappa shape index (κ2) is 4.78. The molecule has 4 heteroatoms. The molecule has 82 valence electrons. The van der Waals surface area contributed by atoms with Crippen molar-refractivity contribution in [1.82, 2.24) is 0 Å². The van der Waals surface area contributed by atoms with E-state index >= 15 is 0 Å². The van der Waals surface area contributed by atoms with Gasteiger partial charge in [0.25, 0.3) is 0 Å². The van der Waals surface area contributed by atoms with E-state index in [-0.39, 0.29) is 17.8 Å². The largest absolute Gasteiger partial charge is 0.428 e. The molecule has 1 saturated heterocycles. The molecule has 1 nitrogen and oxygen atoms in total. The van der Waals surface area contributed by atoms with Crippen LogP contribution in [-0.2, 0) is 4.43 Å². The Hall–Kier alpha value is -0.169. The summed E-state index contributed by atoms with van der Waals surface area (Å²) >= 11 is 0. The van der Waals surface area contributed by atoms with Gasteiger partial charge in [0, 0.05) is 15.2 Å². The van der Waals surface area contributed by atoms with Crippen LogP contribution < -0.4 is 5.19 Å². The number of aryl methyl sites for hydroxylation is 1. The van der Waals surface area contributed by atoms with Crippen LogP contribution in [0.4, 0.5) is 0 Å². The van der Waals surface area contributed by atoms with Crippen LogP contribution in [0.2, 0.25) is 6.04 Å². The zero-order valence-corrected chi connectivity index (χ0v) is 14.0. The molecule has 1 aliphatic heterocycles. The van der Waals surface area contributed by atoms with Crippen molar-refractivity contribution >= 4 is 31.3 Å². The van der Waals surface area contributed by atoms with Gasteiger partial charge in [-0.25, -0.2) is 0 Å². The Morgan fingerprint density at radius 2 is 2.00 bits per heavy atom. The van der Waals surface area contributed by atoms with Gasteiger partial charge in [-0.05, 0) is 43.5 Å². The highest BCUT2D eigenvalue weighted by molar-refractivity contribution is 7.38. The van der Waals surface area contributed by atoms with E-state index in [4.69, 9.17) is 4.43 Å². The number of benzene rings is 1. The van der Waals surface area contributed by atoms with Crippen molar-refractivity contribution in [3.05, 3.63) is 28.8 Å². The van der Waals surface area contributed by atoms with Gasteiger partial charge in [0.1, 0.15) is 9.28 Å². The van der Waals surface area contributed by atoms with E-state index in [1.807, 2.05) is 0 Å². The van der Waals surface area contributed by atoms with Crippen molar-refractivity contribution in [3.8, 4) is 0 Å². The second-order valence-corrected chi connectivity index (χ2v) is 19.7. The molecule has 1 aliphatic rings. The molecule has 0 aliphatic carbocycles. The van der Waals surface area contributed by atoms with Gasteiger partial charge in [0.05, 0.1) is 8.31 Å². The van der Waals surface area contributed by atoms with Crippen LogP contribution >= 0.6 is 0 Å². The quantitative estimate of drug-likeness (QED) is 0.626. The molecule has 0 saturated carbocycles. The van der Waals surface area contributed by atoms with Crippen LogP contribution in [-0.4, -0.2) is 32.8 Å². The zero-order valence-electron chi connectivity index (χ0n) is 9.97. The molecule has 0 bridgehead atoms. The summed E-state index contributed by atoms with van der Waals surface area (Å²) in [6, 6.07) is 6.18. The highest BCUT2D eigenvalue weighted by Crippen LogP contribution is 2.12.